The summed E-state index contributed by atoms with van der Waals surface area (Å²) in [5.41, 5.74) is 17.0. The molecule has 1 rings (SSSR count). The standard InChI is InChI=1S/C8H6N6O2/c9-13-11-4-5-1-6(8(15)16)3-7(2-5)12-14-10/h1-3H,4H2,(H,15,16). The Hall–Kier alpha value is -2.69. The largest absolute Gasteiger partial charge is 0.478 e. The smallest absolute Gasteiger partial charge is 0.335 e. The lowest BCUT2D eigenvalue weighted by atomic mass is 10.1. The third kappa shape index (κ3) is 2.91. The molecule has 1 aromatic carbocycles. The molecule has 0 bridgehead atoms. The van der Waals surface area contributed by atoms with E-state index in [9.17, 15) is 4.79 Å². The van der Waals surface area contributed by atoms with Crippen molar-refractivity contribution >= 4 is 11.7 Å². The highest BCUT2D eigenvalue weighted by Gasteiger charge is 2.05. The second kappa shape index (κ2) is 5.26. The zero-order valence-corrected chi connectivity index (χ0v) is 7.98. The van der Waals surface area contributed by atoms with Crippen molar-refractivity contribution in [1.29, 1.82) is 0 Å². The van der Waals surface area contributed by atoms with Crippen LogP contribution < -0.4 is 0 Å². The maximum atomic E-state index is 10.7. The average molecular weight is 218 g/mol. The number of nitrogens with zero attached hydrogens (tertiary/aromatic N) is 6. The number of carboxylic acid groups (broad SMARTS) is 1. The van der Waals surface area contributed by atoms with Gasteiger partial charge in [0, 0.05) is 15.5 Å². The molecule has 0 unspecified atom stereocenters. The van der Waals surface area contributed by atoms with Gasteiger partial charge in [-0.15, -0.1) is 0 Å². The van der Waals surface area contributed by atoms with Gasteiger partial charge in [0.15, 0.2) is 0 Å². The summed E-state index contributed by atoms with van der Waals surface area (Å²) in [7, 11) is 0. The molecule has 1 N–H and O–H groups in total. The molecular formula is C8H6N6O2. The van der Waals surface area contributed by atoms with Gasteiger partial charge in [0.1, 0.15) is 0 Å². The molecule has 0 fully saturated rings. The Morgan fingerprint density at radius 3 is 2.62 bits per heavy atom. The summed E-state index contributed by atoms with van der Waals surface area (Å²) in [6.45, 7) is 0.00552. The predicted octanol–water partition coefficient (Wildman–Crippen LogP) is 3.14. The fourth-order valence-corrected chi connectivity index (χ4v) is 1.11. The first-order chi connectivity index (χ1) is 7.67. The van der Waals surface area contributed by atoms with E-state index in [4.69, 9.17) is 16.2 Å². The van der Waals surface area contributed by atoms with Gasteiger partial charge in [-0.1, -0.05) is 10.2 Å². The third-order valence-electron chi connectivity index (χ3n) is 1.70. The molecule has 0 saturated heterocycles. The van der Waals surface area contributed by atoms with Gasteiger partial charge in [0.2, 0.25) is 0 Å². The van der Waals surface area contributed by atoms with Crippen LogP contribution in [0, 0.1) is 0 Å². The molecule has 0 heterocycles. The summed E-state index contributed by atoms with van der Waals surface area (Å²) < 4.78 is 0. The molecule has 0 aromatic heterocycles. The molecule has 0 aliphatic heterocycles. The fraction of sp³-hybridized carbons (Fsp3) is 0.125. The van der Waals surface area contributed by atoms with Crippen LogP contribution in [0.3, 0.4) is 0 Å². The van der Waals surface area contributed by atoms with Gasteiger partial charge in [-0.05, 0) is 34.8 Å². The lowest BCUT2D eigenvalue weighted by Crippen LogP contribution is -1.97. The SMILES string of the molecule is [N-]=[N+]=NCc1cc(N=[N+]=[N-])cc(C(=O)O)c1. The number of carboxylic acids is 1. The van der Waals surface area contributed by atoms with E-state index < -0.39 is 5.97 Å². The highest BCUT2D eigenvalue weighted by Crippen LogP contribution is 2.19. The molecule has 0 amide bonds. The number of carbonyl (C=O) groups is 1. The van der Waals surface area contributed by atoms with Crippen molar-refractivity contribution in [2.24, 2.45) is 10.2 Å². The van der Waals surface area contributed by atoms with Crippen molar-refractivity contribution in [1.82, 2.24) is 0 Å². The molecule has 80 valence electrons. The van der Waals surface area contributed by atoms with Crippen LogP contribution in [0.5, 0.6) is 0 Å². The highest BCUT2D eigenvalue weighted by atomic mass is 16.4. The van der Waals surface area contributed by atoms with E-state index >= 15 is 0 Å². The second-order valence-electron chi connectivity index (χ2n) is 2.77. The lowest BCUT2D eigenvalue weighted by Gasteiger charge is -2.01. The van der Waals surface area contributed by atoms with Crippen molar-refractivity contribution in [2.75, 3.05) is 0 Å². The van der Waals surface area contributed by atoms with Gasteiger partial charge >= 0.3 is 5.97 Å². The van der Waals surface area contributed by atoms with Crippen LogP contribution in [0.25, 0.3) is 20.9 Å². The first kappa shape index (κ1) is 11.4. The van der Waals surface area contributed by atoms with E-state index in [-0.39, 0.29) is 17.8 Å². The van der Waals surface area contributed by atoms with E-state index in [1.54, 1.807) is 0 Å². The first-order valence-electron chi connectivity index (χ1n) is 4.10. The van der Waals surface area contributed by atoms with Crippen molar-refractivity contribution in [2.45, 2.75) is 6.54 Å². The van der Waals surface area contributed by atoms with Crippen LogP contribution in [0.4, 0.5) is 5.69 Å². The fourth-order valence-electron chi connectivity index (χ4n) is 1.11. The van der Waals surface area contributed by atoms with Gasteiger partial charge in [0.25, 0.3) is 0 Å². The number of aromatic carboxylic acids is 1. The summed E-state index contributed by atoms with van der Waals surface area (Å²) in [5.74, 6) is -1.14. The maximum Gasteiger partial charge on any atom is 0.335 e. The molecule has 1 aromatic rings. The number of benzene rings is 1. The topological polar surface area (TPSA) is 135 Å². The van der Waals surface area contributed by atoms with Crippen LogP contribution in [0.2, 0.25) is 0 Å². The minimum Gasteiger partial charge on any atom is -0.478 e. The number of hydrogen-bond acceptors (Lipinski definition) is 3. The minimum absolute atomic E-state index is 0.00552. The van der Waals surface area contributed by atoms with Crippen LogP contribution in [-0.2, 0) is 6.54 Å². The summed E-state index contributed by atoms with van der Waals surface area (Å²) >= 11 is 0. The van der Waals surface area contributed by atoms with Gasteiger partial charge in [-0.2, -0.15) is 0 Å². The molecule has 0 saturated carbocycles. The maximum absolute atomic E-state index is 10.7. The van der Waals surface area contributed by atoms with Crippen LogP contribution in [0.1, 0.15) is 15.9 Å². The molecule has 16 heavy (non-hydrogen) atoms. The minimum atomic E-state index is -1.14. The zero-order valence-electron chi connectivity index (χ0n) is 7.98. The Bertz CT molecular complexity index is 493. The Morgan fingerprint density at radius 1 is 1.31 bits per heavy atom. The van der Waals surface area contributed by atoms with E-state index in [0.717, 1.165) is 0 Å². The summed E-state index contributed by atoms with van der Waals surface area (Å²) in [4.78, 5) is 15.9. The van der Waals surface area contributed by atoms with E-state index in [1.807, 2.05) is 0 Å². The quantitative estimate of drug-likeness (QED) is 0.471. The van der Waals surface area contributed by atoms with Crippen molar-refractivity contribution in [3.8, 4) is 0 Å². The Labute approximate surface area is 89.4 Å². The number of hydrogen-bond donors (Lipinski definition) is 1. The predicted molar refractivity (Wildman–Crippen MR) is 55.1 cm³/mol. The third-order valence-corrected chi connectivity index (χ3v) is 1.70. The van der Waals surface area contributed by atoms with Gasteiger partial charge in [0.05, 0.1) is 12.1 Å². The molecule has 0 radical (unpaired) electrons. The average Bonchev–Trinajstić information content (AvgIpc) is 2.26. The monoisotopic (exact) mass is 218 g/mol. The van der Waals surface area contributed by atoms with E-state index in [0.29, 0.717) is 5.56 Å². The van der Waals surface area contributed by atoms with E-state index in [1.165, 1.54) is 18.2 Å². The Morgan fingerprint density at radius 2 is 2.06 bits per heavy atom. The highest BCUT2D eigenvalue weighted by molar-refractivity contribution is 5.88. The van der Waals surface area contributed by atoms with Crippen LogP contribution in [-0.4, -0.2) is 11.1 Å². The summed E-state index contributed by atoms with van der Waals surface area (Å²) in [6, 6.07) is 4.05. The van der Waals surface area contributed by atoms with Crippen molar-refractivity contribution in [3.05, 3.63) is 50.2 Å². The first-order valence-corrected chi connectivity index (χ1v) is 4.10. The summed E-state index contributed by atoms with van der Waals surface area (Å²) in [5, 5.41) is 15.4. The van der Waals surface area contributed by atoms with Crippen molar-refractivity contribution < 1.29 is 9.90 Å². The molecule has 0 spiro atoms. The van der Waals surface area contributed by atoms with E-state index in [2.05, 4.69) is 20.1 Å². The number of rotatable bonds is 4. The van der Waals surface area contributed by atoms with Crippen LogP contribution >= 0.6 is 0 Å². The molecule has 8 nitrogen and oxygen atoms in total. The second-order valence-corrected chi connectivity index (χ2v) is 2.77. The van der Waals surface area contributed by atoms with Gasteiger partial charge in [-0.25, -0.2) is 4.79 Å². The van der Waals surface area contributed by atoms with Gasteiger partial charge < -0.3 is 5.11 Å². The molecule has 8 heteroatoms. The van der Waals surface area contributed by atoms with Crippen molar-refractivity contribution in [3.63, 3.8) is 0 Å². The molecular weight excluding hydrogens is 212 g/mol. The Balaban J connectivity index is 3.22. The molecule has 0 atom stereocenters. The molecule has 0 aliphatic rings. The normalized spacial score (nSPS) is 8.75. The molecule has 0 aliphatic carbocycles. The Kier molecular flexibility index (Phi) is 3.74. The lowest BCUT2D eigenvalue weighted by molar-refractivity contribution is 0.0697. The number of azide groups is 2. The summed E-state index contributed by atoms with van der Waals surface area (Å²) in [6.07, 6.45) is 0. The van der Waals surface area contributed by atoms with Crippen LogP contribution in [0.15, 0.2) is 28.4 Å². The van der Waals surface area contributed by atoms with Gasteiger partial charge in [-0.3, -0.25) is 0 Å². The zero-order chi connectivity index (χ0) is 12.0.